The summed E-state index contributed by atoms with van der Waals surface area (Å²) < 4.78 is 5.69. The molecule has 0 N–H and O–H groups in total. The van der Waals surface area contributed by atoms with Crippen molar-refractivity contribution in [1.29, 1.82) is 0 Å². The van der Waals surface area contributed by atoms with Crippen LogP contribution in [0.2, 0.25) is 5.02 Å². The number of hydrogen-bond acceptors (Lipinski definition) is 2. The molecule has 1 aromatic carbocycles. The van der Waals surface area contributed by atoms with Crippen LogP contribution < -0.4 is 4.74 Å². The second-order valence-corrected chi connectivity index (χ2v) is 6.49. The number of benzene rings is 1. The zero-order valence-electron chi connectivity index (χ0n) is 12.1. The van der Waals surface area contributed by atoms with Gasteiger partial charge >= 0.3 is 0 Å². The van der Waals surface area contributed by atoms with Crippen LogP contribution in [0, 0.1) is 0 Å². The first-order chi connectivity index (χ1) is 8.77. The Kier molecular flexibility index (Phi) is 3.73. The number of aromatic nitrogens is 1. The zero-order valence-corrected chi connectivity index (χ0v) is 12.9. The summed E-state index contributed by atoms with van der Waals surface area (Å²) in [7, 11) is 0. The van der Waals surface area contributed by atoms with Crippen LogP contribution in [0.1, 0.15) is 40.3 Å². The molecule has 2 nitrogen and oxygen atoms in total. The maximum atomic E-state index is 6.38. The molecule has 0 aliphatic rings. The van der Waals surface area contributed by atoms with Crippen LogP contribution >= 0.6 is 11.6 Å². The maximum Gasteiger partial charge on any atom is 0.120 e. The van der Waals surface area contributed by atoms with Gasteiger partial charge in [0.1, 0.15) is 5.75 Å². The molecule has 1 aromatic heterocycles. The molecule has 0 amide bonds. The van der Waals surface area contributed by atoms with Crippen LogP contribution in [0.3, 0.4) is 0 Å². The highest BCUT2D eigenvalue weighted by Gasteiger charge is 2.17. The van der Waals surface area contributed by atoms with Crippen LogP contribution in [-0.2, 0) is 5.41 Å². The van der Waals surface area contributed by atoms with Gasteiger partial charge in [0.25, 0.3) is 0 Å². The summed E-state index contributed by atoms with van der Waals surface area (Å²) in [5, 5.41) is 1.66. The molecule has 19 heavy (non-hydrogen) atoms. The molecular formula is C16H20ClNO. The predicted octanol–water partition coefficient (Wildman–Crippen LogP) is 4.97. The van der Waals surface area contributed by atoms with Gasteiger partial charge in [-0.3, -0.25) is 4.98 Å². The van der Waals surface area contributed by atoms with E-state index in [2.05, 4.69) is 25.8 Å². The lowest BCUT2D eigenvalue weighted by molar-refractivity contribution is 0.243. The van der Waals surface area contributed by atoms with Gasteiger partial charge in [0, 0.05) is 16.5 Å². The lowest BCUT2D eigenvalue weighted by Gasteiger charge is -2.19. The number of pyridine rings is 1. The van der Waals surface area contributed by atoms with Gasteiger partial charge in [-0.05, 0) is 38.1 Å². The fourth-order valence-electron chi connectivity index (χ4n) is 1.89. The van der Waals surface area contributed by atoms with Gasteiger partial charge in [-0.1, -0.05) is 32.4 Å². The van der Waals surface area contributed by atoms with E-state index in [9.17, 15) is 0 Å². The highest BCUT2D eigenvalue weighted by atomic mass is 35.5. The van der Waals surface area contributed by atoms with E-state index >= 15 is 0 Å². The van der Waals surface area contributed by atoms with E-state index in [-0.39, 0.29) is 11.5 Å². The van der Waals surface area contributed by atoms with Crippen molar-refractivity contribution in [1.82, 2.24) is 4.98 Å². The molecule has 0 aliphatic carbocycles. The van der Waals surface area contributed by atoms with Gasteiger partial charge in [-0.25, -0.2) is 0 Å². The highest BCUT2D eigenvalue weighted by Crippen LogP contribution is 2.31. The van der Waals surface area contributed by atoms with E-state index in [0.717, 1.165) is 27.4 Å². The number of nitrogens with zero attached hydrogens (tertiary/aromatic N) is 1. The first-order valence-corrected chi connectivity index (χ1v) is 6.92. The van der Waals surface area contributed by atoms with Crippen LogP contribution in [0.5, 0.6) is 5.75 Å². The monoisotopic (exact) mass is 277 g/mol. The Labute approximate surface area is 119 Å². The quantitative estimate of drug-likeness (QED) is 0.773. The van der Waals surface area contributed by atoms with Crippen LogP contribution in [0.25, 0.3) is 10.9 Å². The van der Waals surface area contributed by atoms with Crippen molar-refractivity contribution < 1.29 is 4.74 Å². The minimum atomic E-state index is -0.00899. The number of halogens is 1. The average molecular weight is 278 g/mol. The summed E-state index contributed by atoms with van der Waals surface area (Å²) in [5.74, 6) is 0.828. The van der Waals surface area contributed by atoms with E-state index in [1.54, 1.807) is 0 Å². The Morgan fingerprint density at radius 3 is 2.42 bits per heavy atom. The van der Waals surface area contributed by atoms with E-state index in [1.165, 1.54) is 0 Å². The topological polar surface area (TPSA) is 22.1 Å². The summed E-state index contributed by atoms with van der Waals surface area (Å²) in [5.41, 5.74) is 1.90. The highest BCUT2D eigenvalue weighted by molar-refractivity contribution is 6.35. The van der Waals surface area contributed by atoms with Crippen molar-refractivity contribution in [3.8, 4) is 5.75 Å². The molecule has 3 heteroatoms. The van der Waals surface area contributed by atoms with Crippen molar-refractivity contribution >= 4 is 22.5 Å². The molecule has 0 saturated carbocycles. The summed E-state index contributed by atoms with van der Waals surface area (Å²) in [4.78, 5) is 4.69. The van der Waals surface area contributed by atoms with Gasteiger partial charge in [-0.15, -0.1) is 0 Å². The second kappa shape index (κ2) is 5.01. The summed E-state index contributed by atoms with van der Waals surface area (Å²) in [6.07, 6.45) is 0.151. The molecule has 0 unspecified atom stereocenters. The molecule has 0 atom stereocenters. The Morgan fingerprint density at radius 2 is 1.84 bits per heavy atom. The van der Waals surface area contributed by atoms with E-state index in [1.807, 2.05) is 38.1 Å². The predicted molar refractivity (Wildman–Crippen MR) is 81.2 cm³/mol. The Balaban J connectivity index is 2.54. The number of fused-ring (bicyclic) bond motifs is 1. The third-order valence-corrected chi connectivity index (χ3v) is 3.18. The van der Waals surface area contributed by atoms with E-state index in [0.29, 0.717) is 0 Å². The van der Waals surface area contributed by atoms with Crippen molar-refractivity contribution in [2.45, 2.75) is 46.1 Å². The second-order valence-electron chi connectivity index (χ2n) is 6.08. The summed E-state index contributed by atoms with van der Waals surface area (Å²) >= 11 is 6.38. The zero-order chi connectivity index (χ0) is 14.2. The van der Waals surface area contributed by atoms with Crippen molar-refractivity contribution in [3.63, 3.8) is 0 Å². The normalized spacial score (nSPS) is 12.2. The Hall–Kier alpha value is -1.28. The molecule has 0 saturated heterocycles. The van der Waals surface area contributed by atoms with Crippen molar-refractivity contribution in [2.24, 2.45) is 0 Å². The summed E-state index contributed by atoms with van der Waals surface area (Å²) in [6.45, 7) is 10.4. The van der Waals surface area contributed by atoms with Gasteiger partial charge in [-0.2, -0.15) is 0 Å². The van der Waals surface area contributed by atoms with Gasteiger partial charge in [0.15, 0.2) is 0 Å². The molecule has 2 aromatic rings. The van der Waals surface area contributed by atoms with Crippen molar-refractivity contribution in [2.75, 3.05) is 0 Å². The lowest BCUT2D eigenvalue weighted by atomic mass is 9.91. The number of rotatable bonds is 2. The summed E-state index contributed by atoms with van der Waals surface area (Å²) in [6, 6.07) is 7.81. The number of ether oxygens (including phenoxy) is 1. The maximum absolute atomic E-state index is 6.38. The minimum Gasteiger partial charge on any atom is -0.491 e. The SMILES string of the molecule is CC(C)Oc1ccc2nc(C(C)(C)C)cc(Cl)c2c1. The van der Waals surface area contributed by atoms with Crippen LogP contribution in [0.4, 0.5) is 0 Å². The molecule has 0 aliphatic heterocycles. The molecule has 102 valence electrons. The first-order valence-electron chi connectivity index (χ1n) is 6.55. The Bertz CT molecular complexity index is 599. The average Bonchev–Trinajstić information content (AvgIpc) is 2.27. The lowest BCUT2D eigenvalue weighted by Crippen LogP contribution is -2.13. The largest absolute Gasteiger partial charge is 0.491 e. The molecule has 0 radical (unpaired) electrons. The molecule has 0 spiro atoms. The molecular weight excluding hydrogens is 258 g/mol. The Morgan fingerprint density at radius 1 is 1.16 bits per heavy atom. The van der Waals surface area contributed by atoms with Gasteiger partial charge < -0.3 is 4.74 Å². The molecule has 0 bridgehead atoms. The molecule has 1 heterocycles. The number of hydrogen-bond donors (Lipinski definition) is 0. The third-order valence-electron chi connectivity index (χ3n) is 2.87. The smallest absolute Gasteiger partial charge is 0.120 e. The third kappa shape index (κ3) is 3.19. The fraction of sp³-hybridized carbons (Fsp3) is 0.438. The molecule has 0 fully saturated rings. The van der Waals surface area contributed by atoms with Crippen LogP contribution in [0.15, 0.2) is 24.3 Å². The van der Waals surface area contributed by atoms with E-state index < -0.39 is 0 Å². The van der Waals surface area contributed by atoms with Crippen LogP contribution in [-0.4, -0.2) is 11.1 Å². The van der Waals surface area contributed by atoms with Gasteiger partial charge in [0.2, 0.25) is 0 Å². The minimum absolute atomic E-state index is 0.00899. The van der Waals surface area contributed by atoms with Gasteiger partial charge in [0.05, 0.1) is 16.6 Å². The molecule has 2 rings (SSSR count). The first kappa shape index (κ1) is 14.1. The fourth-order valence-corrected chi connectivity index (χ4v) is 2.15. The standard InChI is InChI=1S/C16H20ClNO/c1-10(2)19-11-6-7-14-12(8-11)13(17)9-15(18-14)16(3,4)5/h6-10H,1-5H3. The van der Waals surface area contributed by atoms with Crippen molar-refractivity contribution in [3.05, 3.63) is 35.0 Å². The van der Waals surface area contributed by atoms with E-state index in [4.69, 9.17) is 16.3 Å².